The molecule has 0 saturated carbocycles. The van der Waals surface area contributed by atoms with Crippen LogP contribution in [0.25, 0.3) is 0 Å². The Hall–Kier alpha value is -3.05. The Morgan fingerprint density at radius 3 is 2.59 bits per heavy atom. The van der Waals surface area contributed by atoms with Crippen LogP contribution in [-0.2, 0) is 4.74 Å². The van der Waals surface area contributed by atoms with Crippen molar-refractivity contribution in [2.24, 2.45) is 5.10 Å². The van der Waals surface area contributed by atoms with E-state index in [0.29, 0.717) is 0 Å². The van der Waals surface area contributed by atoms with Crippen molar-refractivity contribution in [1.82, 2.24) is 0 Å². The highest BCUT2D eigenvalue weighted by Gasteiger charge is 2.29. The van der Waals surface area contributed by atoms with Crippen molar-refractivity contribution in [3.05, 3.63) is 32.0 Å². The van der Waals surface area contributed by atoms with Crippen molar-refractivity contribution in [1.29, 1.82) is 10.5 Å². The molecule has 0 heterocycles. The van der Waals surface area contributed by atoms with E-state index in [1.807, 2.05) is 5.43 Å². The molecule has 0 aliphatic heterocycles. The number of hydrogen-bond acceptors (Lipinski definition) is 8. The lowest BCUT2D eigenvalue weighted by Gasteiger charge is -2.10. The largest absolute Gasteiger partial charge is 0.465 e. The van der Waals surface area contributed by atoms with Crippen molar-refractivity contribution >= 4 is 39.0 Å². The Morgan fingerprint density at radius 2 is 2.14 bits per heavy atom. The van der Waals surface area contributed by atoms with Gasteiger partial charge in [0.2, 0.25) is 5.71 Å². The van der Waals surface area contributed by atoms with Crippen LogP contribution in [0.1, 0.15) is 10.4 Å². The molecular weight excluding hydrogens is 365 g/mol. The molecule has 0 unspecified atom stereocenters. The Balaban J connectivity index is 3.64. The highest BCUT2D eigenvalue weighted by atomic mass is 79.9. The van der Waals surface area contributed by atoms with E-state index in [-0.39, 0.29) is 4.47 Å². The molecule has 1 rings (SSSR count). The smallest absolute Gasteiger partial charge is 0.343 e. The van der Waals surface area contributed by atoms with Crippen LogP contribution in [0.3, 0.4) is 0 Å². The van der Waals surface area contributed by atoms with E-state index in [0.717, 1.165) is 13.2 Å². The summed E-state index contributed by atoms with van der Waals surface area (Å²) < 4.78 is 18.1. The number of hydrogen-bond donors (Lipinski definition) is 1. The summed E-state index contributed by atoms with van der Waals surface area (Å²) >= 11 is 2.75. The van der Waals surface area contributed by atoms with Crippen molar-refractivity contribution in [2.45, 2.75) is 0 Å². The van der Waals surface area contributed by atoms with Crippen molar-refractivity contribution in [3.63, 3.8) is 0 Å². The van der Waals surface area contributed by atoms with Gasteiger partial charge in [0.25, 0.3) is 5.69 Å². The number of nitro benzene ring substituents is 1. The van der Waals surface area contributed by atoms with Crippen LogP contribution >= 0.6 is 15.9 Å². The van der Waals surface area contributed by atoms with Crippen molar-refractivity contribution < 1.29 is 18.8 Å². The zero-order chi connectivity index (χ0) is 16.9. The van der Waals surface area contributed by atoms with Gasteiger partial charge >= 0.3 is 5.97 Å². The molecule has 9 nitrogen and oxygen atoms in total. The molecule has 0 amide bonds. The second-order valence-electron chi connectivity index (χ2n) is 3.49. The molecule has 0 saturated heterocycles. The lowest BCUT2D eigenvalue weighted by molar-refractivity contribution is -0.384. The molecule has 0 spiro atoms. The van der Waals surface area contributed by atoms with Gasteiger partial charge in [-0.05, 0) is 15.9 Å². The fraction of sp³-hybridized carbons (Fsp3) is 0.0909. The SMILES string of the molecule is COC(=O)c1c(F)c(Br)cc([N+](=O)[O-])c1NN=C(C#N)C#N. The average Bonchev–Trinajstić information content (AvgIpc) is 2.50. The van der Waals surface area contributed by atoms with E-state index in [1.54, 1.807) is 0 Å². The van der Waals surface area contributed by atoms with E-state index in [9.17, 15) is 19.3 Å². The Bertz CT molecular complexity index is 749. The molecule has 0 atom stereocenters. The summed E-state index contributed by atoms with van der Waals surface area (Å²) in [5.41, 5.74) is -0.814. The fourth-order valence-corrected chi connectivity index (χ4v) is 1.77. The van der Waals surface area contributed by atoms with Crippen molar-refractivity contribution in [2.75, 3.05) is 12.5 Å². The standard InChI is InChI=1S/C11H5BrFN5O4/c1-22-11(19)8-9(13)6(12)2-7(18(20)21)10(8)17-16-5(3-14)4-15/h2,17H,1H3. The Labute approximate surface area is 130 Å². The normalized spacial score (nSPS) is 9.14. The second-order valence-corrected chi connectivity index (χ2v) is 4.34. The van der Waals surface area contributed by atoms with Crippen LogP contribution in [-0.4, -0.2) is 23.7 Å². The molecule has 0 fully saturated rings. The van der Waals surface area contributed by atoms with Gasteiger partial charge in [0.05, 0.1) is 16.5 Å². The maximum Gasteiger partial charge on any atom is 0.343 e. The van der Waals surface area contributed by atoms with Crippen LogP contribution in [0, 0.1) is 38.6 Å². The summed E-state index contributed by atoms with van der Waals surface area (Å²) in [5, 5.41) is 31.4. The number of halogens is 2. The van der Waals surface area contributed by atoms with Gasteiger partial charge in [0.15, 0.2) is 11.5 Å². The number of rotatable bonds is 4. The molecular formula is C11H5BrFN5O4. The summed E-state index contributed by atoms with van der Waals surface area (Å²) in [7, 11) is 0.956. The highest BCUT2D eigenvalue weighted by molar-refractivity contribution is 9.10. The number of hydrazone groups is 1. The molecule has 112 valence electrons. The van der Waals surface area contributed by atoms with Crippen LogP contribution in [0.5, 0.6) is 0 Å². The molecule has 22 heavy (non-hydrogen) atoms. The first kappa shape index (κ1) is 17.0. The van der Waals surface area contributed by atoms with Gasteiger partial charge in [-0.15, -0.1) is 0 Å². The maximum atomic E-state index is 14.0. The zero-order valence-corrected chi connectivity index (χ0v) is 12.3. The van der Waals surface area contributed by atoms with E-state index in [1.165, 1.54) is 12.1 Å². The summed E-state index contributed by atoms with van der Waals surface area (Å²) in [6.07, 6.45) is 0. The molecule has 0 radical (unpaired) electrons. The minimum Gasteiger partial charge on any atom is -0.465 e. The average molecular weight is 370 g/mol. The number of benzene rings is 1. The van der Waals surface area contributed by atoms with E-state index < -0.39 is 39.4 Å². The third kappa shape index (κ3) is 3.34. The third-order valence-corrected chi connectivity index (χ3v) is 2.85. The monoisotopic (exact) mass is 369 g/mol. The maximum absolute atomic E-state index is 14.0. The Kier molecular flexibility index (Phi) is 5.49. The minimum atomic E-state index is -1.20. The molecule has 0 aliphatic carbocycles. The number of nitro groups is 1. The topological polar surface area (TPSA) is 141 Å². The lowest BCUT2D eigenvalue weighted by atomic mass is 10.1. The molecule has 0 aromatic heterocycles. The van der Waals surface area contributed by atoms with Crippen molar-refractivity contribution in [3.8, 4) is 12.1 Å². The van der Waals surface area contributed by atoms with Gasteiger partial charge in [-0.3, -0.25) is 15.5 Å². The summed E-state index contributed by atoms with van der Waals surface area (Å²) in [4.78, 5) is 21.8. The molecule has 0 bridgehead atoms. The van der Waals surface area contributed by atoms with Gasteiger partial charge < -0.3 is 4.74 Å². The minimum absolute atomic E-state index is 0.338. The van der Waals surface area contributed by atoms with Crippen LogP contribution in [0.15, 0.2) is 15.6 Å². The number of carbonyl (C=O) groups is 1. The van der Waals surface area contributed by atoms with Gasteiger partial charge in [-0.1, -0.05) is 0 Å². The van der Waals surface area contributed by atoms with Gasteiger partial charge in [0.1, 0.15) is 17.7 Å². The predicted octanol–water partition coefficient (Wildman–Crippen LogP) is 2.10. The van der Waals surface area contributed by atoms with E-state index >= 15 is 0 Å². The zero-order valence-electron chi connectivity index (χ0n) is 10.8. The first-order valence-corrected chi connectivity index (χ1v) is 6.05. The quantitative estimate of drug-likeness (QED) is 0.370. The number of anilines is 1. The third-order valence-electron chi connectivity index (χ3n) is 2.28. The van der Waals surface area contributed by atoms with Crippen LogP contribution in [0.4, 0.5) is 15.8 Å². The fourth-order valence-electron chi connectivity index (χ4n) is 1.35. The number of esters is 1. The molecule has 1 aromatic rings. The Morgan fingerprint density at radius 1 is 1.55 bits per heavy atom. The number of ether oxygens (including phenoxy) is 1. The molecule has 0 aliphatic rings. The van der Waals surface area contributed by atoms with Gasteiger partial charge in [-0.2, -0.15) is 15.6 Å². The predicted molar refractivity (Wildman–Crippen MR) is 74.4 cm³/mol. The summed E-state index contributed by atoms with van der Waals surface area (Å²) in [5.74, 6) is -2.32. The number of nitriles is 2. The summed E-state index contributed by atoms with van der Waals surface area (Å²) in [6.45, 7) is 0. The van der Waals surface area contributed by atoms with E-state index in [2.05, 4.69) is 25.8 Å². The molecule has 11 heteroatoms. The number of methoxy groups -OCH3 is 1. The van der Waals surface area contributed by atoms with E-state index in [4.69, 9.17) is 10.5 Å². The van der Waals surface area contributed by atoms with Crippen LogP contribution < -0.4 is 5.43 Å². The summed E-state index contributed by atoms with van der Waals surface area (Å²) in [6, 6.07) is 3.60. The van der Waals surface area contributed by atoms with Gasteiger partial charge in [0, 0.05) is 6.07 Å². The number of nitrogens with one attached hydrogen (secondary N) is 1. The lowest BCUT2D eigenvalue weighted by Crippen LogP contribution is -2.12. The first-order chi connectivity index (χ1) is 10.4. The van der Waals surface area contributed by atoms with Gasteiger partial charge in [-0.25, -0.2) is 9.18 Å². The second kappa shape index (κ2) is 7.10. The van der Waals surface area contributed by atoms with Crippen LogP contribution in [0.2, 0.25) is 0 Å². The highest BCUT2D eigenvalue weighted by Crippen LogP contribution is 2.35. The molecule has 1 N–H and O–H groups in total. The number of nitrogens with zero attached hydrogens (tertiary/aromatic N) is 4. The first-order valence-electron chi connectivity index (χ1n) is 5.25. The number of carbonyl (C=O) groups excluding carboxylic acids is 1. The molecule has 1 aromatic carbocycles.